The van der Waals surface area contributed by atoms with E-state index >= 15 is 0 Å². The lowest BCUT2D eigenvalue weighted by molar-refractivity contribution is -0.123. The minimum absolute atomic E-state index is 0.0279. The molecule has 0 saturated carbocycles. The maximum absolute atomic E-state index is 13.4. The number of rotatable bonds is 10. The number of piperidine rings is 1. The summed E-state index contributed by atoms with van der Waals surface area (Å²) in [6, 6.07) is 19.9. The number of likely N-dealkylation sites (tertiary alicyclic amines) is 1. The third kappa shape index (κ3) is 7.24. The molecule has 9 nitrogen and oxygen atoms in total. The predicted molar refractivity (Wildman–Crippen MR) is 182 cm³/mol. The van der Waals surface area contributed by atoms with Gasteiger partial charge in [-0.3, -0.25) is 19.1 Å². The number of amides is 3. The highest BCUT2D eigenvalue weighted by Crippen LogP contribution is 2.36. The van der Waals surface area contributed by atoms with Crippen LogP contribution in [0.4, 0.5) is 5.69 Å². The maximum atomic E-state index is 13.4. The van der Waals surface area contributed by atoms with Crippen molar-refractivity contribution in [1.29, 1.82) is 0 Å². The van der Waals surface area contributed by atoms with E-state index in [1.165, 1.54) is 11.1 Å². The second kappa shape index (κ2) is 14.2. The molecule has 1 aromatic heterocycles. The summed E-state index contributed by atoms with van der Waals surface area (Å²) < 4.78 is 7.88. The smallest absolute Gasteiger partial charge is 0.253 e. The molecule has 6 rings (SSSR count). The molecule has 0 aliphatic carbocycles. The first kappa shape index (κ1) is 32.0. The molecular formula is C38H43N5O4. The lowest BCUT2D eigenvalue weighted by Crippen LogP contribution is -2.41. The molecule has 9 heteroatoms. The van der Waals surface area contributed by atoms with E-state index in [1.807, 2.05) is 70.5 Å². The van der Waals surface area contributed by atoms with Crippen LogP contribution in [0, 0.1) is 19.8 Å². The molecular weight excluding hydrogens is 590 g/mol. The van der Waals surface area contributed by atoms with Gasteiger partial charge in [0.25, 0.3) is 5.91 Å². The largest absolute Gasteiger partial charge is 0.493 e. The standard InChI is InChI=1S/C38H43N5O4/c1-26-8-3-14-35(27(26)2)47-21-7-15-36(44)43-18-6-12-33-32(11-5-13-34(33)43)31-23-40-42(25-31)24-28-9-4-10-30(22-28)38(46)41-19-16-29(17-20-41)37(39)45/h3-5,8-11,13-14,22-23,25,29H,6-7,12,15-21,24H2,1-2H3,(H2,39,45). The van der Waals surface area contributed by atoms with Crippen LogP contribution < -0.4 is 15.4 Å². The Morgan fingerprint density at radius 2 is 1.77 bits per heavy atom. The molecule has 2 N–H and O–H groups in total. The van der Waals surface area contributed by atoms with E-state index in [2.05, 4.69) is 31.1 Å². The number of ether oxygens (including phenoxy) is 1. The van der Waals surface area contributed by atoms with Gasteiger partial charge in [0, 0.05) is 55.0 Å². The summed E-state index contributed by atoms with van der Waals surface area (Å²) in [4.78, 5) is 41.8. The Hall–Kier alpha value is -4.92. The van der Waals surface area contributed by atoms with Crippen LogP contribution >= 0.6 is 0 Å². The monoisotopic (exact) mass is 633 g/mol. The Morgan fingerprint density at radius 1 is 0.979 bits per heavy atom. The fraction of sp³-hybridized carbons (Fsp3) is 0.368. The number of aryl methyl sites for hydroxylation is 1. The van der Waals surface area contributed by atoms with Crippen LogP contribution in [0.15, 0.2) is 73.1 Å². The van der Waals surface area contributed by atoms with Crippen LogP contribution in [-0.2, 0) is 22.6 Å². The van der Waals surface area contributed by atoms with Crippen molar-refractivity contribution in [2.45, 2.75) is 58.9 Å². The third-order valence-corrected chi connectivity index (χ3v) is 9.55. The zero-order chi connectivity index (χ0) is 32.9. The quantitative estimate of drug-likeness (QED) is 0.226. The molecule has 2 aliphatic heterocycles. The highest BCUT2D eigenvalue weighted by molar-refractivity contribution is 5.96. The van der Waals surface area contributed by atoms with Gasteiger partial charge in [-0.05, 0) is 98.0 Å². The van der Waals surface area contributed by atoms with Gasteiger partial charge in [-0.25, -0.2) is 0 Å². The molecule has 0 atom stereocenters. The van der Waals surface area contributed by atoms with Crippen LogP contribution in [0.5, 0.6) is 5.75 Å². The third-order valence-electron chi connectivity index (χ3n) is 9.55. The molecule has 0 spiro atoms. The number of nitrogens with two attached hydrogens (primary N) is 1. The normalized spacial score (nSPS) is 14.9. The predicted octanol–water partition coefficient (Wildman–Crippen LogP) is 5.69. The first-order valence-corrected chi connectivity index (χ1v) is 16.6. The Balaban J connectivity index is 1.09. The topological polar surface area (TPSA) is 111 Å². The first-order chi connectivity index (χ1) is 22.8. The second-order valence-corrected chi connectivity index (χ2v) is 12.7. The maximum Gasteiger partial charge on any atom is 0.253 e. The van der Waals surface area contributed by atoms with Gasteiger partial charge in [-0.15, -0.1) is 0 Å². The molecule has 3 aromatic carbocycles. The second-order valence-electron chi connectivity index (χ2n) is 12.7. The number of anilines is 1. The first-order valence-electron chi connectivity index (χ1n) is 16.6. The van der Waals surface area contributed by atoms with Crippen molar-refractivity contribution in [1.82, 2.24) is 14.7 Å². The van der Waals surface area contributed by atoms with Gasteiger partial charge >= 0.3 is 0 Å². The molecule has 0 unspecified atom stereocenters. The van der Waals surface area contributed by atoms with E-state index in [4.69, 9.17) is 10.5 Å². The number of hydrogen-bond donors (Lipinski definition) is 1. The van der Waals surface area contributed by atoms with Gasteiger partial charge < -0.3 is 20.3 Å². The SMILES string of the molecule is Cc1cccc(OCCCC(=O)N2CCCc3c(-c4cnn(Cc5cccc(C(=O)N6CCC(C(N)=O)CC6)c5)c4)cccc32)c1C. The summed E-state index contributed by atoms with van der Waals surface area (Å²) in [7, 11) is 0. The fourth-order valence-corrected chi connectivity index (χ4v) is 6.70. The summed E-state index contributed by atoms with van der Waals surface area (Å²) in [6.45, 7) is 6.94. The summed E-state index contributed by atoms with van der Waals surface area (Å²) in [6.07, 6.45) is 8.01. The Bertz CT molecular complexity index is 1770. The lowest BCUT2D eigenvalue weighted by atomic mass is 9.93. The van der Waals surface area contributed by atoms with Crippen molar-refractivity contribution in [2.75, 3.05) is 31.1 Å². The van der Waals surface area contributed by atoms with E-state index in [0.29, 0.717) is 64.0 Å². The van der Waals surface area contributed by atoms with Gasteiger partial charge in [-0.1, -0.05) is 36.4 Å². The zero-order valence-electron chi connectivity index (χ0n) is 27.3. The minimum atomic E-state index is -0.287. The number of carbonyl (C=O) groups excluding carboxylic acids is 3. The number of fused-ring (bicyclic) bond motifs is 1. The van der Waals surface area contributed by atoms with Crippen LogP contribution in [0.2, 0.25) is 0 Å². The number of carbonyl (C=O) groups is 3. The summed E-state index contributed by atoms with van der Waals surface area (Å²) in [5.41, 5.74) is 13.6. The summed E-state index contributed by atoms with van der Waals surface area (Å²) in [5.74, 6) is 0.531. The molecule has 3 amide bonds. The number of nitrogens with zero attached hydrogens (tertiary/aromatic N) is 4. The van der Waals surface area contributed by atoms with E-state index in [1.54, 1.807) is 4.90 Å². The zero-order valence-corrected chi connectivity index (χ0v) is 27.3. The fourth-order valence-electron chi connectivity index (χ4n) is 6.70. The van der Waals surface area contributed by atoms with Crippen LogP contribution in [0.1, 0.15) is 64.7 Å². The highest BCUT2D eigenvalue weighted by atomic mass is 16.5. The van der Waals surface area contributed by atoms with Crippen LogP contribution in [0.25, 0.3) is 11.1 Å². The van der Waals surface area contributed by atoms with Crippen LogP contribution in [-0.4, -0.2) is 58.6 Å². The molecule has 3 heterocycles. The summed E-state index contributed by atoms with van der Waals surface area (Å²) >= 11 is 0. The molecule has 1 saturated heterocycles. The van der Waals surface area contributed by atoms with Crippen molar-refractivity contribution in [3.8, 4) is 16.9 Å². The molecule has 4 aromatic rings. The van der Waals surface area contributed by atoms with Gasteiger partial charge in [0.1, 0.15) is 5.75 Å². The molecule has 244 valence electrons. The average Bonchev–Trinajstić information content (AvgIpc) is 3.55. The molecule has 47 heavy (non-hydrogen) atoms. The van der Waals surface area contributed by atoms with Crippen LogP contribution in [0.3, 0.4) is 0 Å². The van der Waals surface area contributed by atoms with Crippen molar-refractivity contribution < 1.29 is 19.1 Å². The molecule has 2 aliphatic rings. The number of hydrogen-bond acceptors (Lipinski definition) is 5. The van der Waals surface area contributed by atoms with E-state index in [9.17, 15) is 14.4 Å². The minimum Gasteiger partial charge on any atom is -0.493 e. The number of aromatic nitrogens is 2. The van der Waals surface area contributed by atoms with Crippen molar-refractivity contribution in [2.24, 2.45) is 11.7 Å². The van der Waals surface area contributed by atoms with Gasteiger partial charge in [0.2, 0.25) is 11.8 Å². The Kier molecular flexibility index (Phi) is 9.71. The van der Waals surface area contributed by atoms with Crippen molar-refractivity contribution in [3.05, 3.63) is 101 Å². The summed E-state index contributed by atoms with van der Waals surface area (Å²) in [5, 5.41) is 4.65. The molecule has 0 bridgehead atoms. The van der Waals surface area contributed by atoms with E-state index in [0.717, 1.165) is 46.5 Å². The van der Waals surface area contributed by atoms with Crippen molar-refractivity contribution >= 4 is 23.4 Å². The number of benzene rings is 3. The number of primary amides is 1. The Labute approximate surface area is 276 Å². The molecule has 1 fully saturated rings. The van der Waals surface area contributed by atoms with E-state index in [-0.39, 0.29) is 23.6 Å². The average molecular weight is 634 g/mol. The Morgan fingerprint density at radius 3 is 2.57 bits per heavy atom. The lowest BCUT2D eigenvalue weighted by Gasteiger charge is -2.31. The molecule has 0 radical (unpaired) electrons. The van der Waals surface area contributed by atoms with E-state index < -0.39 is 0 Å². The van der Waals surface area contributed by atoms with Gasteiger partial charge in [0.15, 0.2) is 0 Å². The van der Waals surface area contributed by atoms with Crippen molar-refractivity contribution in [3.63, 3.8) is 0 Å². The van der Waals surface area contributed by atoms with Gasteiger partial charge in [0.05, 0.1) is 19.3 Å². The highest BCUT2D eigenvalue weighted by Gasteiger charge is 2.27. The van der Waals surface area contributed by atoms with Gasteiger partial charge in [-0.2, -0.15) is 5.10 Å².